The zero-order chi connectivity index (χ0) is 40.6. The number of amides is 4. The number of imidazole rings is 1. The van der Waals surface area contributed by atoms with Crippen LogP contribution in [0.1, 0.15) is 69.6 Å². The quantitative estimate of drug-likeness (QED) is 0.127. The summed E-state index contributed by atoms with van der Waals surface area (Å²) in [6.07, 6.45) is 3.52. The molecule has 57 heavy (non-hydrogen) atoms. The normalized spacial score (nSPS) is 19.0. The molecule has 304 valence electrons. The van der Waals surface area contributed by atoms with Crippen LogP contribution in [-0.4, -0.2) is 115 Å². The monoisotopic (exact) mass is 783 g/mol. The average molecular weight is 784 g/mol. The van der Waals surface area contributed by atoms with Gasteiger partial charge in [-0.25, -0.2) is 14.6 Å². The first-order valence-electron chi connectivity index (χ1n) is 19.4. The van der Waals surface area contributed by atoms with Crippen LogP contribution in [0.15, 0.2) is 66.9 Å². The van der Waals surface area contributed by atoms with Crippen LogP contribution >= 0.6 is 0 Å². The second-order valence-corrected chi connectivity index (χ2v) is 14.5. The van der Waals surface area contributed by atoms with E-state index in [9.17, 15) is 19.2 Å². The fraction of sp³-hybridized carbons (Fsp3) is 0.452. The Morgan fingerprint density at radius 1 is 0.632 bits per heavy atom. The molecule has 2 fully saturated rings. The highest BCUT2D eigenvalue weighted by Crippen LogP contribution is 2.35. The summed E-state index contributed by atoms with van der Waals surface area (Å²) >= 11 is 0. The molecule has 6 rings (SSSR count). The number of rotatable bonds is 13. The minimum Gasteiger partial charge on any atom is -0.453 e. The number of hydrogen-bond acceptors (Lipinski definition) is 9. The van der Waals surface area contributed by atoms with E-state index >= 15 is 0 Å². The lowest BCUT2D eigenvalue weighted by atomic mass is 9.99. The molecule has 0 unspecified atom stereocenters. The van der Waals surface area contributed by atoms with Gasteiger partial charge < -0.3 is 49.3 Å². The Kier molecular flexibility index (Phi) is 13.3. The highest BCUT2D eigenvalue weighted by atomic mass is 16.5. The predicted octanol–water partition coefficient (Wildman–Crippen LogP) is 5.97. The number of nitrogens with zero attached hydrogens (tertiary/aromatic N) is 3. The Hall–Kier alpha value is -5.67. The summed E-state index contributed by atoms with van der Waals surface area (Å²) in [5.74, 6) is 0.242. The summed E-state index contributed by atoms with van der Waals surface area (Å²) in [5.41, 5.74) is 6.80. The van der Waals surface area contributed by atoms with Gasteiger partial charge in [0, 0.05) is 38.7 Å². The van der Waals surface area contributed by atoms with Crippen molar-refractivity contribution in [2.45, 2.75) is 82.3 Å². The number of hydrogen-bond donors (Lipinski definition) is 4. The van der Waals surface area contributed by atoms with Gasteiger partial charge >= 0.3 is 12.2 Å². The van der Waals surface area contributed by atoms with E-state index in [2.05, 4.69) is 57.0 Å². The average Bonchev–Trinajstić information content (AvgIpc) is 4.06. The van der Waals surface area contributed by atoms with Crippen molar-refractivity contribution in [1.29, 1.82) is 0 Å². The predicted molar refractivity (Wildman–Crippen MR) is 213 cm³/mol. The maximum Gasteiger partial charge on any atom is 0.407 e. The number of alkyl carbamates (subject to hydrolysis) is 2. The van der Waals surface area contributed by atoms with Crippen molar-refractivity contribution in [3.63, 3.8) is 0 Å². The smallest absolute Gasteiger partial charge is 0.407 e. The lowest BCUT2D eigenvalue weighted by Gasteiger charge is -2.37. The first-order chi connectivity index (χ1) is 27.6. The Morgan fingerprint density at radius 3 is 1.67 bits per heavy atom. The molecule has 2 aliphatic heterocycles. The molecule has 0 bridgehead atoms. The molecule has 2 aromatic heterocycles. The molecule has 2 saturated heterocycles. The van der Waals surface area contributed by atoms with Gasteiger partial charge in [-0.05, 0) is 80.3 Å². The number of H-pyrrole nitrogens is 2. The second-order valence-electron chi connectivity index (χ2n) is 14.5. The lowest BCUT2D eigenvalue weighted by Crippen LogP contribution is -2.55. The highest BCUT2D eigenvalue weighted by molar-refractivity contribution is 5.87. The van der Waals surface area contributed by atoms with Crippen LogP contribution in [0.2, 0.25) is 0 Å². The summed E-state index contributed by atoms with van der Waals surface area (Å²) < 4.78 is 20.4. The van der Waals surface area contributed by atoms with Crippen molar-refractivity contribution >= 4 is 24.0 Å². The Morgan fingerprint density at radius 2 is 1.12 bits per heavy atom. The number of likely N-dealkylation sites (tertiary alicyclic amines) is 2. The van der Waals surface area contributed by atoms with E-state index < -0.39 is 36.5 Å². The van der Waals surface area contributed by atoms with Gasteiger partial charge in [-0.3, -0.25) is 9.59 Å². The van der Waals surface area contributed by atoms with E-state index in [0.717, 1.165) is 71.4 Å². The largest absolute Gasteiger partial charge is 0.453 e. The number of aromatic amines is 2. The van der Waals surface area contributed by atoms with E-state index in [-0.39, 0.29) is 23.9 Å². The number of ether oxygens (including phenoxy) is 4. The molecule has 15 heteroatoms. The summed E-state index contributed by atoms with van der Waals surface area (Å²) in [6, 6.07) is 18.4. The summed E-state index contributed by atoms with van der Waals surface area (Å²) in [7, 11) is 5.54. The van der Waals surface area contributed by atoms with Crippen LogP contribution in [0.25, 0.3) is 33.6 Å². The fourth-order valence-corrected chi connectivity index (χ4v) is 7.71. The van der Waals surface area contributed by atoms with Crippen LogP contribution in [0.5, 0.6) is 0 Å². The van der Waals surface area contributed by atoms with Gasteiger partial charge in [0.2, 0.25) is 11.8 Å². The Bertz CT molecular complexity index is 1990. The molecule has 0 aliphatic carbocycles. The van der Waals surface area contributed by atoms with Gasteiger partial charge in [0.05, 0.1) is 50.4 Å². The molecule has 6 atom stereocenters. The summed E-state index contributed by atoms with van der Waals surface area (Å²) in [6.45, 7) is 4.61. The lowest BCUT2D eigenvalue weighted by molar-refractivity contribution is -0.140. The maximum absolute atomic E-state index is 13.8. The molecule has 0 radical (unpaired) electrons. The minimum atomic E-state index is -0.901. The zero-order valence-corrected chi connectivity index (χ0v) is 33.4. The number of aromatic nitrogens is 3. The van der Waals surface area contributed by atoms with E-state index in [1.165, 1.54) is 28.4 Å². The molecule has 4 heterocycles. The number of carbonyl (C=O) groups excluding carboxylic acids is 4. The third-order valence-electron chi connectivity index (χ3n) is 11.2. The molecular weight excluding hydrogens is 731 g/mol. The molecule has 15 nitrogen and oxygen atoms in total. The summed E-state index contributed by atoms with van der Waals surface area (Å²) in [5, 5.41) is 5.28. The van der Waals surface area contributed by atoms with Crippen LogP contribution in [0.3, 0.4) is 0 Å². The number of nitrogens with one attached hydrogen (secondary N) is 4. The van der Waals surface area contributed by atoms with Gasteiger partial charge in [0.25, 0.3) is 0 Å². The van der Waals surface area contributed by atoms with Crippen molar-refractivity contribution in [3.05, 3.63) is 78.4 Å². The molecule has 4 aromatic rings. The van der Waals surface area contributed by atoms with Crippen LogP contribution in [-0.2, 0) is 28.5 Å². The number of carbonyl (C=O) groups is 4. The van der Waals surface area contributed by atoms with Gasteiger partial charge in [0.15, 0.2) is 0 Å². The van der Waals surface area contributed by atoms with Crippen molar-refractivity contribution in [3.8, 4) is 33.6 Å². The van der Waals surface area contributed by atoms with Gasteiger partial charge in [-0.15, -0.1) is 0 Å². The van der Waals surface area contributed by atoms with Crippen LogP contribution < -0.4 is 10.6 Å². The second kappa shape index (κ2) is 18.5. The topological polar surface area (TPSA) is 180 Å². The number of piperidine rings is 1. The third-order valence-corrected chi connectivity index (χ3v) is 11.2. The molecule has 0 spiro atoms. The van der Waals surface area contributed by atoms with Gasteiger partial charge in [-0.1, -0.05) is 48.5 Å². The van der Waals surface area contributed by atoms with E-state index in [1.807, 2.05) is 24.3 Å². The molecule has 4 amide bonds. The Labute approximate surface area is 332 Å². The van der Waals surface area contributed by atoms with Crippen LogP contribution in [0.4, 0.5) is 9.59 Å². The van der Waals surface area contributed by atoms with E-state index in [4.69, 9.17) is 23.9 Å². The SMILES string of the molecule is COC(=O)N[C@H](C(=O)N1CCC[C@H]1c1ccc(-c2ccc(-c3ccc(-c4cnc([C@@H]5CCCCN5C(=O)[C@@H](NC(=O)OC)[C@@H](C)OC)[nH]4)cc3)cc2)[nH]1)[C@@H](C)OC. The van der Waals surface area contributed by atoms with Crippen molar-refractivity contribution in [1.82, 2.24) is 35.4 Å². The van der Waals surface area contributed by atoms with Gasteiger partial charge in [-0.2, -0.15) is 0 Å². The molecule has 4 N–H and O–H groups in total. The van der Waals surface area contributed by atoms with Crippen molar-refractivity contribution < 1.29 is 38.1 Å². The Balaban J connectivity index is 1.12. The molecule has 0 saturated carbocycles. The van der Waals surface area contributed by atoms with Crippen molar-refractivity contribution in [2.24, 2.45) is 0 Å². The first-order valence-corrected chi connectivity index (χ1v) is 19.4. The molecule has 2 aliphatic rings. The van der Waals surface area contributed by atoms with E-state index in [0.29, 0.717) is 18.9 Å². The van der Waals surface area contributed by atoms with Gasteiger partial charge in [0.1, 0.15) is 17.9 Å². The first kappa shape index (κ1) is 41.0. The minimum absolute atomic E-state index is 0.155. The number of benzene rings is 2. The van der Waals surface area contributed by atoms with E-state index in [1.54, 1.807) is 29.8 Å². The van der Waals surface area contributed by atoms with Crippen LogP contribution in [0, 0.1) is 0 Å². The molecular formula is C42H53N7O8. The zero-order valence-electron chi connectivity index (χ0n) is 33.4. The maximum atomic E-state index is 13.8. The fourth-order valence-electron chi connectivity index (χ4n) is 7.71. The third kappa shape index (κ3) is 9.15. The summed E-state index contributed by atoms with van der Waals surface area (Å²) in [4.78, 5) is 66.8. The standard InChI is InChI=1S/C42H53N7O8/c1-25(54-3)36(46-41(52)56-5)39(50)48-23-9-11-34(48)32-21-20-31(44-32)29-16-12-27(13-17-29)28-14-18-30(19-15-28)33-24-43-38(45-33)35-10-7-8-22-49(35)40(51)37(26(2)55-4)47-42(53)57-6/h12-21,24-26,34-37,44H,7-11,22-23H2,1-6H3,(H,43,45)(H,46,52)(H,47,53)/t25-,26-,34+,35+,36+,37+/m1/s1. The number of methoxy groups -OCH3 is 4. The highest BCUT2D eigenvalue weighted by Gasteiger charge is 2.39. The molecule has 2 aromatic carbocycles. The van der Waals surface area contributed by atoms with Crippen molar-refractivity contribution in [2.75, 3.05) is 41.5 Å².